The minimum Gasteiger partial charge on any atom is -0.337 e. The van der Waals surface area contributed by atoms with E-state index in [9.17, 15) is 4.79 Å². The van der Waals surface area contributed by atoms with Crippen molar-refractivity contribution in [2.24, 2.45) is 0 Å². The molecule has 1 aromatic carbocycles. The van der Waals surface area contributed by atoms with Crippen LogP contribution in [0.25, 0.3) is 0 Å². The highest BCUT2D eigenvalue weighted by Gasteiger charge is 2.26. The molecule has 2 heterocycles. The predicted octanol–water partition coefficient (Wildman–Crippen LogP) is 1.65. The Morgan fingerprint density at radius 3 is 2.91 bits per heavy atom. The molecule has 1 N–H and O–H groups in total. The fourth-order valence-electron chi connectivity index (χ4n) is 3.61. The lowest BCUT2D eigenvalue weighted by Gasteiger charge is -2.33. The Morgan fingerprint density at radius 1 is 1.36 bits per heavy atom. The van der Waals surface area contributed by atoms with Gasteiger partial charge in [0.1, 0.15) is 0 Å². The van der Waals surface area contributed by atoms with Gasteiger partial charge in [-0.1, -0.05) is 31.2 Å². The summed E-state index contributed by atoms with van der Waals surface area (Å²) < 4.78 is 0. The number of carbonyl (C=O) groups excluding carboxylic acids is 1. The molecule has 0 saturated carbocycles. The molecule has 0 bridgehead atoms. The average Bonchev–Trinajstić information content (AvgIpc) is 3.08. The van der Waals surface area contributed by atoms with Crippen LogP contribution in [0.4, 0.5) is 0 Å². The standard InChI is InChI=1S/C18H27N3O/c1-2-10-20(17-7-9-19-12-17)14-18(22)21-11-8-15-5-3-4-6-16(15)13-21/h3-6,17,19H,2,7-14H2,1H3. The molecule has 4 heteroatoms. The van der Waals surface area contributed by atoms with Gasteiger partial charge in [0.25, 0.3) is 0 Å². The number of nitrogens with one attached hydrogen (secondary N) is 1. The fraction of sp³-hybridized carbons (Fsp3) is 0.611. The van der Waals surface area contributed by atoms with Crippen molar-refractivity contribution in [1.29, 1.82) is 0 Å². The van der Waals surface area contributed by atoms with E-state index in [1.807, 2.05) is 4.90 Å². The maximum atomic E-state index is 12.7. The van der Waals surface area contributed by atoms with E-state index < -0.39 is 0 Å². The zero-order valence-electron chi connectivity index (χ0n) is 13.6. The second-order valence-electron chi connectivity index (χ2n) is 6.45. The summed E-state index contributed by atoms with van der Waals surface area (Å²) in [6, 6.07) is 9.03. The van der Waals surface area contributed by atoms with Crippen LogP contribution in [0.5, 0.6) is 0 Å². The van der Waals surface area contributed by atoms with E-state index >= 15 is 0 Å². The maximum absolute atomic E-state index is 12.7. The predicted molar refractivity (Wildman–Crippen MR) is 88.7 cm³/mol. The van der Waals surface area contributed by atoms with Crippen LogP contribution in [0.1, 0.15) is 30.9 Å². The highest BCUT2D eigenvalue weighted by molar-refractivity contribution is 5.78. The molecular weight excluding hydrogens is 274 g/mol. The van der Waals surface area contributed by atoms with Gasteiger partial charge in [-0.25, -0.2) is 0 Å². The summed E-state index contributed by atoms with van der Waals surface area (Å²) in [5.41, 5.74) is 2.71. The topological polar surface area (TPSA) is 35.6 Å². The first-order valence-electron chi connectivity index (χ1n) is 8.57. The first-order valence-corrected chi connectivity index (χ1v) is 8.57. The number of nitrogens with zero attached hydrogens (tertiary/aromatic N) is 2. The van der Waals surface area contributed by atoms with Crippen molar-refractivity contribution in [3.8, 4) is 0 Å². The summed E-state index contributed by atoms with van der Waals surface area (Å²) in [6.45, 7) is 7.52. The smallest absolute Gasteiger partial charge is 0.237 e. The first-order chi connectivity index (χ1) is 10.8. The van der Waals surface area contributed by atoms with Crippen LogP contribution in [0.3, 0.4) is 0 Å². The Bertz CT molecular complexity index is 511. The summed E-state index contributed by atoms with van der Waals surface area (Å²) in [5.74, 6) is 0.287. The summed E-state index contributed by atoms with van der Waals surface area (Å²) in [7, 11) is 0. The van der Waals surface area contributed by atoms with E-state index in [0.29, 0.717) is 12.6 Å². The van der Waals surface area contributed by atoms with Crippen molar-refractivity contribution in [3.05, 3.63) is 35.4 Å². The molecule has 2 aliphatic heterocycles. The molecule has 1 fully saturated rings. The molecule has 1 amide bonds. The SMILES string of the molecule is CCCN(CC(=O)N1CCc2ccccc2C1)C1CCNC1. The molecule has 1 atom stereocenters. The van der Waals surface area contributed by atoms with Crippen molar-refractivity contribution < 1.29 is 4.79 Å². The van der Waals surface area contributed by atoms with Crippen LogP contribution >= 0.6 is 0 Å². The first kappa shape index (κ1) is 15.5. The second kappa shape index (κ2) is 7.25. The molecule has 1 unspecified atom stereocenters. The summed E-state index contributed by atoms with van der Waals surface area (Å²) in [5, 5.41) is 3.41. The Morgan fingerprint density at radius 2 is 2.18 bits per heavy atom. The molecule has 22 heavy (non-hydrogen) atoms. The highest BCUT2D eigenvalue weighted by Crippen LogP contribution is 2.19. The Balaban J connectivity index is 1.61. The number of hydrogen-bond acceptors (Lipinski definition) is 3. The Hall–Kier alpha value is -1.39. The quantitative estimate of drug-likeness (QED) is 0.898. The minimum absolute atomic E-state index is 0.287. The summed E-state index contributed by atoms with van der Waals surface area (Å²) >= 11 is 0. The third-order valence-electron chi connectivity index (χ3n) is 4.88. The summed E-state index contributed by atoms with van der Waals surface area (Å²) in [6.07, 6.45) is 3.25. The molecule has 3 rings (SSSR count). The number of benzene rings is 1. The van der Waals surface area contributed by atoms with E-state index in [1.54, 1.807) is 0 Å². The van der Waals surface area contributed by atoms with Gasteiger partial charge >= 0.3 is 0 Å². The molecule has 0 spiro atoms. The van der Waals surface area contributed by atoms with Gasteiger partial charge in [-0.15, -0.1) is 0 Å². The normalized spacial score (nSPS) is 21.2. The van der Waals surface area contributed by atoms with Crippen molar-refractivity contribution in [2.75, 3.05) is 32.7 Å². The molecule has 1 aromatic rings. The van der Waals surface area contributed by atoms with E-state index in [0.717, 1.165) is 52.0 Å². The molecule has 2 aliphatic rings. The Labute approximate surface area is 133 Å². The van der Waals surface area contributed by atoms with Crippen molar-refractivity contribution >= 4 is 5.91 Å². The lowest BCUT2D eigenvalue weighted by atomic mass is 10.00. The molecular formula is C18H27N3O. The molecule has 0 aromatic heterocycles. The van der Waals surface area contributed by atoms with Gasteiger partial charge in [-0.05, 0) is 43.5 Å². The number of fused-ring (bicyclic) bond motifs is 1. The van der Waals surface area contributed by atoms with Crippen LogP contribution in [0.2, 0.25) is 0 Å². The third-order valence-corrected chi connectivity index (χ3v) is 4.88. The molecule has 0 radical (unpaired) electrons. The van der Waals surface area contributed by atoms with Crippen LogP contribution in [-0.4, -0.2) is 54.5 Å². The molecule has 120 valence electrons. The van der Waals surface area contributed by atoms with Crippen LogP contribution in [0.15, 0.2) is 24.3 Å². The number of carbonyl (C=O) groups is 1. The van der Waals surface area contributed by atoms with Crippen LogP contribution in [0, 0.1) is 0 Å². The zero-order valence-corrected chi connectivity index (χ0v) is 13.6. The van der Waals surface area contributed by atoms with Gasteiger partial charge in [0.15, 0.2) is 0 Å². The zero-order chi connectivity index (χ0) is 15.4. The highest BCUT2D eigenvalue weighted by atomic mass is 16.2. The van der Waals surface area contributed by atoms with E-state index in [-0.39, 0.29) is 5.91 Å². The lowest BCUT2D eigenvalue weighted by molar-refractivity contribution is -0.133. The van der Waals surface area contributed by atoms with E-state index in [2.05, 4.69) is 41.4 Å². The van der Waals surface area contributed by atoms with Crippen molar-refractivity contribution in [3.63, 3.8) is 0 Å². The number of amides is 1. The van der Waals surface area contributed by atoms with Gasteiger partial charge in [-0.3, -0.25) is 9.69 Å². The largest absolute Gasteiger partial charge is 0.337 e. The van der Waals surface area contributed by atoms with Gasteiger partial charge < -0.3 is 10.2 Å². The molecule has 4 nitrogen and oxygen atoms in total. The minimum atomic E-state index is 0.287. The van der Waals surface area contributed by atoms with Gasteiger partial charge in [0.05, 0.1) is 6.54 Å². The maximum Gasteiger partial charge on any atom is 0.237 e. The monoisotopic (exact) mass is 301 g/mol. The fourth-order valence-corrected chi connectivity index (χ4v) is 3.61. The van der Waals surface area contributed by atoms with E-state index in [4.69, 9.17) is 0 Å². The van der Waals surface area contributed by atoms with Crippen molar-refractivity contribution in [2.45, 2.75) is 38.8 Å². The summed E-state index contributed by atoms with van der Waals surface area (Å²) in [4.78, 5) is 17.1. The van der Waals surface area contributed by atoms with Gasteiger partial charge in [-0.2, -0.15) is 0 Å². The van der Waals surface area contributed by atoms with Crippen LogP contribution < -0.4 is 5.32 Å². The average molecular weight is 301 g/mol. The lowest BCUT2D eigenvalue weighted by Crippen LogP contribution is -2.46. The Kier molecular flexibility index (Phi) is 5.11. The third kappa shape index (κ3) is 3.50. The number of hydrogen-bond donors (Lipinski definition) is 1. The van der Waals surface area contributed by atoms with Crippen LogP contribution in [-0.2, 0) is 17.8 Å². The van der Waals surface area contributed by atoms with E-state index in [1.165, 1.54) is 11.1 Å². The second-order valence-corrected chi connectivity index (χ2v) is 6.45. The van der Waals surface area contributed by atoms with Crippen molar-refractivity contribution in [1.82, 2.24) is 15.1 Å². The molecule has 0 aliphatic carbocycles. The van der Waals surface area contributed by atoms with Gasteiger partial charge in [0.2, 0.25) is 5.91 Å². The molecule has 1 saturated heterocycles. The van der Waals surface area contributed by atoms with Gasteiger partial charge in [0, 0.05) is 25.7 Å². The number of rotatable bonds is 5.